The standard InChI is InChI=1S/C9H11NO2.C3H6O3/c10-8(9(11)12)6-7-4-2-1-3-5-7;4-1-3(6)2-5/h1-5,8H,6,10H2,(H,11,12);1,3,5-6H,2H2/t8-;/m0./s1. The maximum absolute atomic E-state index is 10.4. The lowest BCUT2D eigenvalue weighted by molar-refractivity contribution is -0.138. The number of hydrogen-bond acceptors (Lipinski definition) is 5. The lowest BCUT2D eigenvalue weighted by Gasteiger charge is -2.04. The van der Waals surface area contributed by atoms with Crippen LogP contribution in [-0.4, -0.2) is 46.3 Å². The van der Waals surface area contributed by atoms with Gasteiger partial charge in [0.1, 0.15) is 12.1 Å². The van der Waals surface area contributed by atoms with Crippen LogP contribution in [0, 0.1) is 0 Å². The van der Waals surface area contributed by atoms with E-state index < -0.39 is 24.7 Å². The second kappa shape index (κ2) is 9.29. The van der Waals surface area contributed by atoms with Gasteiger partial charge in [-0.15, -0.1) is 0 Å². The SMILES string of the molecule is N[C@@H](Cc1ccccc1)C(=O)O.O=CC(O)CO. The number of carbonyl (C=O) groups excluding carboxylic acids is 1. The summed E-state index contributed by atoms with van der Waals surface area (Å²) in [6, 6.07) is 8.54. The van der Waals surface area contributed by atoms with Gasteiger partial charge < -0.3 is 25.8 Å². The zero-order valence-electron chi connectivity index (χ0n) is 9.77. The molecule has 0 aromatic heterocycles. The van der Waals surface area contributed by atoms with Crippen LogP contribution in [0.1, 0.15) is 5.56 Å². The first-order valence-corrected chi connectivity index (χ1v) is 5.27. The van der Waals surface area contributed by atoms with Crippen LogP contribution in [0.4, 0.5) is 0 Å². The normalized spacial score (nSPS) is 12.8. The summed E-state index contributed by atoms with van der Waals surface area (Å²) in [7, 11) is 0. The fourth-order valence-electron chi connectivity index (χ4n) is 0.998. The van der Waals surface area contributed by atoms with E-state index in [2.05, 4.69) is 0 Å². The maximum Gasteiger partial charge on any atom is 0.320 e. The molecule has 18 heavy (non-hydrogen) atoms. The molecule has 5 N–H and O–H groups in total. The number of carbonyl (C=O) groups is 2. The molecule has 0 aliphatic heterocycles. The van der Waals surface area contributed by atoms with Gasteiger partial charge in [0.2, 0.25) is 0 Å². The van der Waals surface area contributed by atoms with E-state index in [-0.39, 0.29) is 6.29 Å². The largest absolute Gasteiger partial charge is 0.480 e. The van der Waals surface area contributed by atoms with E-state index >= 15 is 0 Å². The molecule has 0 spiro atoms. The zero-order chi connectivity index (χ0) is 14.0. The number of benzene rings is 1. The third-order valence-corrected chi connectivity index (χ3v) is 1.96. The fraction of sp³-hybridized carbons (Fsp3) is 0.333. The molecule has 0 aliphatic carbocycles. The van der Waals surface area contributed by atoms with E-state index in [0.717, 1.165) is 5.56 Å². The highest BCUT2D eigenvalue weighted by Crippen LogP contribution is 2.01. The van der Waals surface area contributed by atoms with Gasteiger partial charge in [-0.25, -0.2) is 0 Å². The molecule has 0 amide bonds. The van der Waals surface area contributed by atoms with Crippen molar-refractivity contribution >= 4 is 12.3 Å². The Bertz CT molecular complexity index is 355. The molecule has 0 fully saturated rings. The Labute approximate surface area is 105 Å². The summed E-state index contributed by atoms with van der Waals surface area (Å²) >= 11 is 0. The van der Waals surface area contributed by atoms with Crippen LogP contribution in [0.2, 0.25) is 0 Å². The number of aliphatic carboxylic acids is 1. The van der Waals surface area contributed by atoms with E-state index in [1.807, 2.05) is 30.3 Å². The number of hydrogen-bond donors (Lipinski definition) is 4. The predicted octanol–water partition coefficient (Wildman–Crippen LogP) is -0.821. The van der Waals surface area contributed by atoms with Crippen LogP contribution >= 0.6 is 0 Å². The summed E-state index contributed by atoms with van der Waals surface area (Å²) in [5.74, 6) is -0.959. The van der Waals surface area contributed by atoms with E-state index in [1.165, 1.54) is 0 Å². The molecule has 100 valence electrons. The summed E-state index contributed by atoms with van der Waals surface area (Å²) < 4.78 is 0. The summed E-state index contributed by atoms with van der Waals surface area (Å²) in [6.07, 6.45) is -0.527. The Hall–Kier alpha value is -1.76. The quantitative estimate of drug-likeness (QED) is 0.510. The fourth-order valence-corrected chi connectivity index (χ4v) is 0.998. The monoisotopic (exact) mass is 255 g/mol. The van der Waals surface area contributed by atoms with Gasteiger partial charge in [-0.2, -0.15) is 0 Å². The average Bonchev–Trinajstić information content (AvgIpc) is 2.39. The molecular formula is C12H17NO5. The summed E-state index contributed by atoms with van der Waals surface area (Å²) in [5.41, 5.74) is 6.30. The molecular weight excluding hydrogens is 238 g/mol. The molecule has 1 unspecified atom stereocenters. The van der Waals surface area contributed by atoms with Crippen molar-refractivity contribution in [1.29, 1.82) is 0 Å². The number of carboxylic acid groups (broad SMARTS) is 1. The summed E-state index contributed by atoms with van der Waals surface area (Å²) in [4.78, 5) is 19.7. The van der Waals surface area contributed by atoms with Gasteiger partial charge in [-0.1, -0.05) is 30.3 Å². The lowest BCUT2D eigenvalue weighted by Crippen LogP contribution is -2.32. The first-order valence-electron chi connectivity index (χ1n) is 5.27. The predicted molar refractivity (Wildman–Crippen MR) is 64.9 cm³/mol. The summed E-state index contributed by atoms with van der Waals surface area (Å²) in [5, 5.41) is 24.4. The molecule has 0 saturated heterocycles. The number of aliphatic hydroxyl groups is 2. The van der Waals surface area contributed by atoms with Gasteiger partial charge in [-0.3, -0.25) is 4.79 Å². The van der Waals surface area contributed by atoms with E-state index in [4.69, 9.17) is 21.1 Å². The highest BCUT2D eigenvalue weighted by atomic mass is 16.4. The highest BCUT2D eigenvalue weighted by Gasteiger charge is 2.10. The second-order valence-corrected chi connectivity index (χ2v) is 3.52. The average molecular weight is 255 g/mol. The topological polar surface area (TPSA) is 121 Å². The van der Waals surface area contributed by atoms with Crippen molar-refractivity contribution in [1.82, 2.24) is 0 Å². The van der Waals surface area contributed by atoms with Crippen LogP contribution in [0.3, 0.4) is 0 Å². The molecule has 2 atom stereocenters. The molecule has 6 nitrogen and oxygen atoms in total. The Morgan fingerprint density at radius 2 is 1.89 bits per heavy atom. The molecule has 0 bridgehead atoms. The van der Waals surface area contributed by atoms with Crippen LogP contribution in [-0.2, 0) is 16.0 Å². The Kier molecular flexibility index (Phi) is 8.38. The van der Waals surface area contributed by atoms with Crippen molar-refractivity contribution in [3.8, 4) is 0 Å². The molecule has 1 aromatic carbocycles. The third-order valence-electron chi connectivity index (χ3n) is 1.96. The summed E-state index contributed by atoms with van der Waals surface area (Å²) in [6.45, 7) is -0.483. The Balaban J connectivity index is 0.000000411. The molecule has 0 heterocycles. The number of aldehydes is 1. The minimum atomic E-state index is -1.19. The van der Waals surface area contributed by atoms with E-state index in [0.29, 0.717) is 6.42 Å². The van der Waals surface area contributed by atoms with Crippen LogP contribution in [0.25, 0.3) is 0 Å². The lowest BCUT2D eigenvalue weighted by atomic mass is 10.1. The van der Waals surface area contributed by atoms with Crippen molar-refractivity contribution in [2.24, 2.45) is 5.73 Å². The first kappa shape index (κ1) is 16.2. The van der Waals surface area contributed by atoms with Gasteiger partial charge in [0.25, 0.3) is 0 Å². The van der Waals surface area contributed by atoms with Crippen LogP contribution in [0.15, 0.2) is 30.3 Å². The zero-order valence-corrected chi connectivity index (χ0v) is 9.77. The third kappa shape index (κ3) is 7.50. The number of rotatable bonds is 5. The highest BCUT2D eigenvalue weighted by molar-refractivity contribution is 5.73. The number of carboxylic acids is 1. The van der Waals surface area contributed by atoms with Gasteiger partial charge in [-0.05, 0) is 12.0 Å². The number of nitrogens with two attached hydrogens (primary N) is 1. The van der Waals surface area contributed by atoms with Crippen LogP contribution in [0.5, 0.6) is 0 Å². The molecule has 1 aromatic rings. The van der Waals surface area contributed by atoms with E-state index in [9.17, 15) is 9.59 Å². The van der Waals surface area contributed by atoms with Gasteiger partial charge >= 0.3 is 5.97 Å². The van der Waals surface area contributed by atoms with Crippen molar-refractivity contribution in [3.63, 3.8) is 0 Å². The molecule has 6 heteroatoms. The van der Waals surface area contributed by atoms with Crippen molar-refractivity contribution in [3.05, 3.63) is 35.9 Å². The van der Waals surface area contributed by atoms with Crippen LogP contribution < -0.4 is 5.73 Å². The van der Waals surface area contributed by atoms with Crippen molar-refractivity contribution in [2.45, 2.75) is 18.6 Å². The smallest absolute Gasteiger partial charge is 0.320 e. The maximum atomic E-state index is 10.4. The van der Waals surface area contributed by atoms with Crippen molar-refractivity contribution in [2.75, 3.05) is 6.61 Å². The minimum Gasteiger partial charge on any atom is -0.480 e. The minimum absolute atomic E-state index is 0.278. The second-order valence-electron chi connectivity index (χ2n) is 3.52. The first-order chi connectivity index (χ1) is 8.51. The Morgan fingerprint density at radius 3 is 2.22 bits per heavy atom. The van der Waals surface area contributed by atoms with Crippen molar-refractivity contribution < 1.29 is 24.9 Å². The Morgan fingerprint density at radius 1 is 1.33 bits per heavy atom. The van der Waals surface area contributed by atoms with Gasteiger partial charge in [0.15, 0.2) is 6.29 Å². The van der Waals surface area contributed by atoms with Gasteiger partial charge in [0.05, 0.1) is 6.61 Å². The molecule has 0 radical (unpaired) electrons. The number of aliphatic hydroxyl groups excluding tert-OH is 2. The van der Waals surface area contributed by atoms with Gasteiger partial charge in [0, 0.05) is 0 Å². The van der Waals surface area contributed by atoms with E-state index in [1.54, 1.807) is 0 Å². The molecule has 0 aliphatic rings. The molecule has 1 rings (SSSR count). The molecule has 0 saturated carbocycles.